The van der Waals surface area contributed by atoms with Gasteiger partial charge in [-0.2, -0.15) is 0 Å². The largest absolute Gasteiger partial charge is 0.504 e. The van der Waals surface area contributed by atoms with Crippen LogP contribution in [0.1, 0.15) is 65.2 Å². The van der Waals surface area contributed by atoms with Crippen LogP contribution in [0.4, 0.5) is 0 Å². The van der Waals surface area contributed by atoms with Gasteiger partial charge in [0.25, 0.3) is 0 Å². The quantitative estimate of drug-likeness (QED) is 0.581. The van der Waals surface area contributed by atoms with E-state index < -0.39 is 0 Å². The Kier molecular flexibility index (Phi) is 3.87. The molecule has 4 rings (SSSR count). The maximum atomic E-state index is 12.4. The number of allylic oxidation sites excluding steroid dienone is 1. The number of methoxy groups -OCH3 is 1. The highest BCUT2D eigenvalue weighted by Gasteiger charge is 2.60. The summed E-state index contributed by atoms with van der Waals surface area (Å²) < 4.78 is 5.20. The number of ketones is 1. The summed E-state index contributed by atoms with van der Waals surface area (Å²) in [4.78, 5) is 12.4. The Labute approximate surface area is 145 Å². The minimum absolute atomic E-state index is 0.106. The monoisotopic (exact) mass is 332 g/mol. The van der Waals surface area contributed by atoms with Crippen LogP contribution in [0.15, 0.2) is 11.8 Å². The van der Waals surface area contributed by atoms with Gasteiger partial charge in [0.15, 0.2) is 5.78 Å². The summed E-state index contributed by atoms with van der Waals surface area (Å²) in [5, 5.41) is 10.5. The van der Waals surface area contributed by atoms with E-state index in [0.717, 1.165) is 30.8 Å². The smallest absolute Gasteiger partial charge is 0.162 e. The Morgan fingerprint density at radius 3 is 2.58 bits per heavy atom. The van der Waals surface area contributed by atoms with Crippen LogP contribution in [0.5, 0.6) is 0 Å². The molecule has 0 unspecified atom stereocenters. The number of aliphatic hydroxyl groups excluding tert-OH is 1. The molecule has 4 aliphatic carbocycles. The minimum atomic E-state index is -0.106. The Morgan fingerprint density at radius 2 is 1.83 bits per heavy atom. The molecule has 0 radical (unpaired) electrons. The maximum Gasteiger partial charge on any atom is 0.162 e. The van der Waals surface area contributed by atoms with Crippen molar-refractivity contribution in [3.8, 4) is 0 Å². The lowest BCUT2D eigenvalue weighted by Crippen LogP contribution is -2.54. The molecule has 1 N–H and O–H groups in total. The van der Waals surface area contributed by atoms with Gasteiger partial charge < -0.3 is 9.84 Å². The van der Waals surface area contributed by atoms with E-state index >= 15 is 0 Å². The van der Waals surface area contributed by atoms with Gasteiger partial charge in [-0.05, 0) is 79.4 Å². The number of fused-ring (bicyclic) bond motifs is 5. The molecule has 134 valence electrons. The molecular weight excluding hydrogens is 300 g/mol. The van der Waals surface area contributed by atoms with Crippen LogP contribution < -0.4 is 0 Å². The highest BCUT2D eigenvalue weighted by atomic mass is 16.5. The number of Topliss-reactive ketones (excluding diaryl/α,β-unsaturated/α-hetero) is 1. The van der Waals surface area contributed by atoms with Crippen LogP contribution in [0.3, 0.4) is 0 Å². The summed E-state index contributed by atoms with van der Waals surface area (Å²) in [6.07, 6.45) is 10.2. The molecule has 0 heterocycles. The van der Waals surface area contributed by atoms with Gasteiger partial charge in [0.05, 0.1) is 19.5 Å². The van der Waals surface area contributed by atoms with Crippen LogP contribution in [0, 0.1) is 34.5 Å². The van der Waals surface area contributed by atoms with E-state index in [2.05, 4.69) is 13.8 Å². The molecule has 0 spiro atoms. The van der Waals surface area contributed by atoms with Crippen molar-refractivity contribution in [2.75, 3.05) is 7.11 Å². The van der Waals surface area contributed by atoms with Crippen LogP contribution >= 0.6 is 0 Å². The van der Waals surface area contributed by atoms with Gasteiger partial charge in [0, 0.05) is 12.0 Å². The minimum Gasteiger partial charge on any atom is -0.504 e. The predicted molar refractivity (Wildman–Crippen MR) is 93.2 cm³/mol. The third-order valence-corrected chi connectivity index (χ3v) is 8.64. The normalized spacial score (nSPS) is 52.6. The molecular formula is C21H32O3. The lowest BCUT2D eigenvalue weighted by Gasteiger charge is -2.60. The number of hydrogen-bond donors (Lipinski definition) is 1. The molecule has 0 bridgehead atoms. The number of ether oxygens (including phenoxy) is 1. The lowest BCUT2D eigenvalue weighted by molar-refractivity contribution is -0.135. The fourth-order valence-electron chi connectivity index (χ4n) is 7.23. The second kappa shape index (κ2) is 5.59. The Hall–Kier alpha value is -0.830. The van der Waals surface area contributed by atoms with E-state index in [1.165, 1.54) is 25.7 Å². The van der Waals surface area contributed by atoms with Crippen LogP contribution in [0.25, 0.3) is 0 Å². The highest BCUT2D eigenvalue weighted by molar-refractivity contribution is 5.96. The van der Waals surface area contributed by atoms with Gasteiger partial charge in [0.2, 0.25) is 0 Å². The van der Waals surface area contributed by atoms with Gasteiger partial charge in [0.1, 0.15) is 0 Å². The number of rotatable bonds is 1. The van der Waals surface area contributed by atoms with Crippen molar-refractivity contribution in [1.82, 2.24) is 0 Å². The molecule has 0 amide bonds. The fraction of sp³-hybridized carbons (Fsp3) is 0.857. The molecule has 4 fully saturated rings. The maximum absolute atomic E-state index is 12.4. The van der Waals surface area contributed by atoms with E-state index in [9.17, 15) is 9.90 Å². The molecule has 3 nitrogen and oxygen atoms in total. The second-order valence-electron chi connectivity index (χ2n) is 9.48. The number of hydrogen-bond acceptors (Lipinski definition) is 3. The third-order valence-electron chi connectivity index (χ3n) is 8.64. The van der Waals surface area contributed by atoms with Crippen molar-refractivity contribution in [3.63, 3.8) is 0 Å². The summed E-state index contributed by atoms with van der Waals surface area (Å²) in [6.45, 7) is 4.78. The summed E-state index contributed by atoms with van der Waals surface area (Å²) in [5.41, 5.74) is 1.27. The summed E-state index contributed by atoms with van der Waals surface area (Å²) in [6, 6.07) is 0. The average molecular weight is 332 g/mol. The number of carbonyl (C=O) groups excluding carboxylic acids is 1. The Morgan fingerprint density at radius 1 is 1.08 bits per heavy atom. The molecule has 4 aliphatic rings. The zero-order valence-electron chi connectivity index (χ0n) is 15.4. The van der Waals surface area contributed by atoms with E-state index in [-0.39, 0.29) is 16.9 Å². The Balaban J connectivity index is 1.65. The summed E-state index contributed by atoms with van der Waals surface area (Å²) >= 11 is 0. The number of aliphatic hydroxyl groups is 1. The molecule has 0 aromatic rings. The lowest BCUT2D eigenvalue weighted by atomic mass is 9.45. The van der Waals surface area contributed by atoms with Crippen molar-refractivity contribution >= 4 is 5.78 Å². The average Bonchev–Trinajstić information content (AvgIpc) is 2.85. The van der Waals surface area contributed by atoms with Gasteiger partial charge in [-0.25, -0.2) is 0 Å². The van der Waals surface area contributed by atoms with Crippen molar-refractivity contribution < 1.29 is 14.6 Å². The van der Waals surface area contributed by atoms with E-state index in [1.54, 1.807) is 13.4 Å². The first kappa shape index (κ1) is 16.6. The molecule has 0 aromatic carbocycles. The van der Waals surface area contributed by atoms with E-state index in [4.69, 9.17) is 4.74 Å². The molecule has 0 aromatic heterocycles. The van der Waals surface area contributed by atoms with Crippen molar-refractivity contribution in [3.05, 3.63) is 11.8 Å². The van der Waals surface area contributed by atoms with Crippen molar-refractivity contribution in [2.24, 2.45) is 34.5 Å². The zero-order valence-corrected chi connectivity index (χ0v) is 15.4. The van der Waals surface area contributed by atoms with Crippen LogP contribution in [-0.2, 0) is 9.53 Å². The predicted octanol–water partition coefficient (Wildman–Crippen LogP) is 4.10. The molecule has 4 saturated carbocycles. The van der Waals surface area contributed by atoms with Gasteiger partial charge >= 0.3 is 0 Å². The first-order chi connectivity index (χ1) is 11.4. The SMILES string of the molecule is CO/C=C1\C[C@@]2(C)[C@@H](CC[C@H]3[C@H]2CC[C@]2(C)[C@H](O)CC[C@H]32)CC1=O. The standard InChI is InChI=1S/C21H32O3/c1-20-9-8-17-15(16(20)6-7-19(20)23)5-4-14-10-18(22)13(12-24-3)11-21(14,17)2/h12,14-17,19,23H,4-11H2,1-3H3/b13-12+/t14-,15+,16+,17+,19+,20-,21-/m0/s1. The topological polar surface area (TPSA) is 46.5 Å². The van der Waals surface area contributed by atoms with Gasteiger partial charge in [-0.15, -0.1) is 0 Å². The van der Waals surface area contributed by atoms with E-state index in [1.807, 2.05) is 0 Å². The van der Waals surface area contributed by atoms with Gasteiger partial charge in [-0.3, -0.25) is 4.79 Å². The first-order valence-corrected chi connectivity index (χ1v) is 9.83. The molecule has 0 aliphatic heterocycles. The zero-order chi connectivity index (χ0) is 17.1. The fourth-order valence-corrected chi connectivity index (χ4v) is 7.23. The van der Waals surface area contributed by atoms with Crippen LogP contribution in [-0.4, -0.2) is 24.1 Å². The molecule has 0 saturated heterocycles. The van der Waals surface area contributed by atoms with Crippen molar-refractivity contribution in [1.29, 1.82) is 0 Å². The molecule has 7 atom stereocenters. The highest BCUT2D eigenvalue weighted by Crippen LogP contribution is 2.66. The van der Waals surface area contributed by atoms with E-state index in [0.29, 0.717) is 30.0 Å². The van der Waals surface area contributed by atoms with Gasteiger partial charge in [-0.1, -0.05) is 13.8 Å². The van der Waals surface area contributed by atoms with Crippen LogP contribution in [0.2, 0.25) is 0 Å². The molecule has 24 heavy (non-hydrogen) atoms. The third kappa shape index (κ3) is 2.16. The second-order valence-corrected chi connectivity index (χ2v) is 9.48. The Bertz CT molecular complexity index is 567. The summed E-state index contributed by atoms with van der Waals surface area (Å²) in [7, 11) is 1.64. The first-order valence-electron chi connectivity index (χ1n) is 9.83. The molecule has 3 heteroatoms. The number of carbonyl (C=O) groups is 1. The van der Waals surface area contributed by atoms with Crippen molar-refractivity contribution in [2.45, 2.75) is 71.3 Å². The summed E-state index contributed by atoms with van der Waals surface area (Å²) in [5.74, 6) is 2.95.